The fourth-order valence-corrected chi connectivity index (χ4v) is 2.06. The minimum Gasteiger partial charge on any atom is -0.496 e. The summed E-state index contributed by atoms with van der Waals surface area (Å²) < 4.78 is 5.23. The molecule has 1 rings (SSSR count). The summed E-state index contributed by atoms with van der Waals surface area (Å²) in [7, 11) is 1.59. The number of aryl methyl sites for hydroxylation is 1. The maximum Gasteiger partial charge on any atom is 0.305 e. The summed E-state index contributed by atoms with van der Waals surface area (Å²) in [5.74, 6) is -0.282. The van der Waals surface area contributed by atoms with Gasteiger partial charge in [0.05, 0.1) is 20.0 Å². The molecule has 1 atom stereocenters. The van der Waals surface area contributed by atoms with E-state index in [0.29, 0.717) is 0 Å². The second-order valence-electron chi connectivity index (χ2n) is 5.50. The van der Waals surface area contributed by atoms with E-state index in [1.54, 1.807) is 7.11 Å². The van der Waals surface area contributed by atoms with E-state index in [1.165, 1.54) is 0 Å². The molecule has 5 heteroatoms. The van der Waals surface area contributed by atoms with E-state index >= 15 is 0 Å². The van der Waals surface area contributed by atoms with Crippen molar-refractivity contribution in [2.75, 3.05) is 7.11 Å². The highest BCUT2D eigenvalue weighted by Crippen LogP contribution is 2.19. The second-order valence-corrected chi connectivity index (χ2v) is 5.50. The molecule has 1 amide bonds. The molecule has 0 spiro atoms. The molecule has 0 aliphatic rings. The van der Waals surface area contributed by atoms with E-state index in [0.717, 1.165) is 16.9 Å². The number of aliphatic carboxylic acids is 1. The third-order valence-electron chi connectivity index (χ3n) is 3.38. The van der Waals surface area contributed by atoms with Crippen LogP contribution >= 0.6 is 0 Å². The van der Waals surface area contributed by atoms with Crippen LogP contribution in [0, 0.1) is 12.8 Å². The summed E-state index contributed by atoms with van der Waals surface area (Å²) in [4.78, 5) is 22.9. The first-order valence-corrected chi connectivity index (χ1v) is 6.98. The summed E-state index contributed by atoms with van der Waals surface area (Å²) in [5.41, 5.74) is 1.85. The number of nitrogens with one attached hydrogen (secondary N) is 1. The highest BCUT2D eigenvalue weighted by atomic mass is 16.5. The second kappa shape index (κ2) is 7.67. The number of methoxy groups -OCH3 is 1. The molecular weight excluding hydrogens is 270 g/mol. The van der Waals surface area contributed by atoms with Gasteiger partial charge in [-0.3, -0.25) is 9.59 Å². The smallest absolute Gasteiger partial charge is 0.305 e. The van der Waals surface area contributed by atoms with Crippen molar-refractivity contribution in [2.45, 2.75) is 39.7 Å². The number of hydrogen-bond donors (Lipinski definition) is 2. The first-order valence-electron chi connectivity index (χ1n) is 6.98. The quantitative estimate of drug-likeness (QED) is 0.808. The van der Waals surface area contributed by atoms with Crippen LogP contribution in [-0.2, 0) is 16.0 Å². The van der Waals surface area contributed by atoms with Crippen LogP contribution in [0.4, 0.5) is 0 Å². The molecule has 0 saturated heterocycles. The van der Waals surface area contributed by atoms with Crippen LogP contribution in [0.3, 0.4) is 0 Å². The third-order valence-corrected chi connectivity index (χ3v) is 3.38. The molecular formula is C16H23NO4. The molecule has 1 aromatic rings. The molecule has 0 heterocycles. The molecule has 0 aromatic heterocycles. The molecule has 0 fully saturated rings. The van der Waals surface area contributed by atoms with Crippen LogP contribution in [0.25, 0.3) is 0 Å². The first kappa shape index (κ1) is 17.0. The van der Waals surface area contributed by atoms with Crippen molar-refractivity contribution in [3.8, 4) is 5.75 Å². The van der Waals surface area contributed by atoms with Crippen molar-refractivity contribution in [1.82, 2.24) is 5.32 Å². The zero-order valence-electron chi connectivity index (χ0n) is 13.0. The Morgan fingerprint density at radius 3 is 2.52 bits per heavy atom. The van der Waals surface area contributed by atoms with Crippen LogP contribution in [0.5, 0.6) is 5.75 Å². The standard InChI is InChI=1S/C16H23NO4/c1-10(2)13(9-16(19)20)17-15(18)8-12-6-5-11(3)14(7-12)21-4/h5-7,10,13H,8-9H2,1-4H3,(H,17,18)(H,19,20). The van der Waals surface area contributed by atoms with Gasteiger partial charge < -0.3 is 15.2 Å². The van der Waals surface area contributed by atoms with Crippen molar-refractivity contribution in [2.24, 2.45) is 5.92 Å². The van der Waals surface area contributed by atoms with Gasteiger partial charge in [0.2, 0.25) is 5.91 Å². The maximum atomic E-state index is 12.0. The lowest BCUT2D eigenvalue weighted by molar-refractivity contribution is -0.138. The van der Waals surface area contributed by atoms with E-state index < -0.39 is 5.97 Å². The monoisotopic (exact) mass is 293 g/mol. The lowest BCUT2D eigenvalue weighted by Gasteiger charge is -2.20. The van der Waals surface area contributed by atoms with Gasteiger partial charge >= 0.3 is 5.97 Å². The zero-order chi connectivity index (χ0) is 16.0. The first-order chi connectivity index (χ1) is 9.83. The van der Waals surface area contributed by atoms with Crippen molar-refractivity contribution >= 4 is 11.9 Å². The van der Waals surface area contributed by atoms with Crippen LogP contribution in [-0.4, -0.2) is 30.1 Å². The number of carbonyl (C=O) groups is 2. The minimum absolute atomic E-state index is 0.0672. The number of carboxylic acid groups (broad SMARTS) is 1. The zero-order valence-corrected chi connectivity index (χ0v) is 13.0. The average Bonchev–Trinajstić information content (AvgIpc) is 2.39. The maximum absolute atomic E-state index is 12.0. The topological polar surface area (TPSA) is 75.6 Å². The van der Waals surface area contributed by atoms with Crippen LogP contribution in [0.1, 0.15) is 31.4 Å². The van der Waals surface area contributed by atoms with Gasteiger partial charge in [0.25, 0.3) is 0 Å². The molecule has 5 nitrogen and oxygen atoms in total. The molecule has 116 valence electrons. The van der Waals surface area contributed by atoms with Gasteiger partial charge in [-0.25, -0.2) is 0 Å². The minimum atomic E-state index is -0.911. The normalized spacial score (nSPS) is 12.0. The Kier molecular flexibility index (Phi) is 6.21. The molecule has 0 aliphatic carbocycles. The SMILES string of the molecule is COc1cc(CC(=O)NC(CC(=O)O)C(C)C)ccc1C. The molecule has 0 radical (unpaired) electrons. The third kappa shape index (κ3) is 5.45. The molecule has 1 aromatic carbocycles. The van der Waals surface area contributed by atoms with Gasteiger partial charge in [-0.1, -0.05) is 26.0 Å². The Hall–Kier alpha value is -2.04. The predicted octanol–water partition coefficient (Wildman–Crippen LogP) is 2.16. The molecule has 0 bridgehead atoms. The van der Waals surface area contributed by atoms with E-state index in [1.807, 2.05) is 39.0 Å². The van der Waals surface area contributed by atoms with Gasteiger partial charge in [-0.2, -0.15) is 0 Å². The Labute approximate surface area is 125 Å². The van der Waals surface area contributed by atoms with Crippen molar-refractivity contribution in [3.63, 3.8) is 0 Å². The van der Waals surface area contributed by atoms with Gasteiger partial charge in [0.15, 0.2) is 0 Å². The van der Waals surface area contributed by atoms with E-state index in [9.17, 15) is 9.59 Å². The summed E-state index contributed by atoms with van der Waals surface area (Å²) in [6.45, 7) is 5.72. The molecule has 0 aliphatic heterocycles. The summed E-state index contributed by atoms with van der Waals surface area (Å²) in [6.07, 6.45) is 0.139. The number of amides is 1. The lowest BCUT2D eigenvalue weighted by Crippen LogP contribution is -2.40. The Morgan fingerprint density at radius 1 is 1.33 bits per heavy atom. The fraction of sp³-hybridized carbons (Fsp3) is 0.500. The highest BCUT2D eigenvalue weighted by Gasteiger charge is 2.19. The largest absolute Gasteiger partial charge is 0.496 e. The molecule has 2 N–H and O–H groups in total. The summed E-state index contributed by atoms with van der Waals surface area (Å²) in [5, 5.41) is 11.7. The summed E-state index contributed by atoms with van der Waals surface area (Å²) >= 11 is 0. The number of rotatable bonds is 7. The van der Waals surface area contributed by atoms with E-state index in [2.05, 4.69) is 5.32 Å². The predicted molar refractivity (Wildman–Crippen MR) is 80.5 cm³/mol. The number of carbonyl (C=O) groups excluding carboxylic acids is 1. The Bertz CT molecular complexity index is 511. The fourth-order valence-electron chi connectivity index (χ4n) is 2.06. The van der Waals surface area contributed by atoms with Crippen molar-refractivity contribution < 1.29 is 19.4 Å². The van der Waals surface area contributed by atoms with Crippen LogP contribution in [0.15, 0.2) is 18.2 Å². The van der Waals surface area contributed by atoms with Gasteiger partial charge in [-0.15, -0.1) is 0 Å². The van der Waals surface area contributed by atoms with E-state index in [4.69, 9.17) is 9.84 Å². The summed E-state index contributed by atoms with van der Waals surface area (Å²) in [6, 6.07) is 5.25. The average molecular weight is 293 g/mol. The molecule has 0 saturated carbocycles. The Morgan fingerprint density at radius 2 is 2.00 bits per heavy atom. The van der Waals surface area contributed by atoms with Crippen LogP contribution < -0.4 is 10.1 Å². The number of hydrogen-bond acceptors (Lipinski definition) is 3. The van der Waals surface area contributed by atoms with Crippen LogP contribution in [0.2, 0.25) is 0 Å². The van der Waals surface area contributed by atoms with Gasteiger partial charge in [0, 0.05) is 6.04 Å². The van der Waals surface area contributed by atoms with Gasteiger partial charge in [0.1, 0.15) is 5.75 Å². The van der Waals surface area contributed by atoms with Gasteiger partial charge in [-0.05, 0) is 30.0 Å². The number of benzene rings is 1. The van der Waals surface area contributed by atoms with Crippen molar-refractivity contribution in [1.29, 1.82) is 0 Å². The Balaban J connectivity index is 2.69. The number of ether oxygens (including phenoxy) is 1. The van der Waals surface area contributed by atoms with E-state index in [-0.39, 0.29) is 30.7 Å². The highest BCUT2D eigenvalue weighted by molar-refractivity contribution is 5.80. The number of carboxylic acids is 1. The molecule has 21 heavy (non-hydrogen) atoms. The van der Waals surface area contributed by atoms with Crippen molar-refractivity contribution in [3.05, 3.63) is 29.3 Å². The lowest BCUT2D eigenvalue weighted by atomic mass is 10.0. The molecule has 1 unspecified atom stereocenters.